The smallest absolute Gasteiger partial charge is 0.234 e. The molecular weight excluding hydrogens is 228 g/mol. The van der Waals surface area contributed by atoms with E-state index >= 15 is 0 Å². The van der Waals surface area contributed by atoms with Crippen LogP contribution in [-0.2, 0) is 4.79 Å². The van der Waals surface area contributed by atoms with E-state index in [2.05, 4.69) is 17.6 Å². The largest absolute Gasteiger partial charge is 0.394 e. The van der Waals surface area contributed by atoms with Crippen molar-refractivity contribution in [3.8, 4) is 0 Å². The number of rotatable bonds is 7. The number of amides is 1. The predicted molar refractivity (Wildman–Crippen MR) is 73.4 cm³/mol. The Morgan fingerprint density at radius 2 is 2.00 bits per heavy atom. The Balaban J connectivity index is 2.31. The van der Waals surface area contributed by atoms with Crippen LogP contribution < -0.4 is 10.6 Å². The molecule has 1 fully saturated rings. The Morgan fingerprint density at radius 3 is 2.56 bits per heavy atom. The lowest BCUT2D eigenvalue weighted by Crippen LogP contribution is -2.53. The van der Waals surface area contributed by atoms with Crippen molar-refractivity contribution in [3.05, 3.63) is 0 Å². The van der Waals surface area contributed by atoms with Gasteiger partial charge in [-0.1, -0.05) is 32.6 Å². The summed E-state index contributed by atoms with van der Waals surface area (Å²) in [5.41, 5.74) is -0.219. The van der Waals surface area contributed by atoms with Crippen LogP contribution in [0.4, 0.5) is 0 Å². The molecule has 1 amide bonds. The van der Waals surface area contributed by atoms with Gasteiger partial charge in [-0.25, -0.2) is 0 Å². The molecule has 0 saturated heterocycles. The third-order valence-electron chi connectivity index (χ3n) is 3.87. The summed E-state index contributed by atoms with van der Waals surface area (Å²) in [6.45, 7) is 4.59. The lowest BCUT2D eigenvalue weighted by Gasteiger charge is -2.36. The van der Waals surface area contributed by atoms with E-state index in [1.807, 2.05) is 6.92 Å². The number of carbonyl (C=O) groups excluding carboxylic acids is 1. The SMILES string of the molecule is CCCC(C)NC(=O)CNC1(CO)CCCCC1. The molecule has 0 spiro atoms. The lowest BCUT2D eigenvalue weighted by atomic mass is 9.82. The standard InChI is InChI=1S/C14H28N2O2/c1-3-7-12(2)16-13(18)10-15-14(11-17)8-5-4-6-9-14/h12,15,17H,3-11H2,1-2H3,(H,16,18). The van der Waals surface area contributed by atoms with Crippen LogP contribution in [0.3, 0.4) is 0 Å². The summed E-state index contributed by atoms with van der Waals surface area (Å²) in [5, 5.41) is 15.8. The van der Waals surface area contributed by atoms with Gasteiger partial charge in [0, 0.05) is 11.6 Å². The molecule has 18 heavy (non-hydrogen) atoms. The number of aliphatic hydroxyl groups excluding tert-OH is 1. The molecule has 1 rings (SSSR count). The lowest BCUT2D eigenvalue weighted by molar-refractivity contribution is -0.121. The molecule has 0 aliphatic heterocycles. The van der Waals surface area contributed by atoms with Gasteiger partial charge < -0.3 is 15.7 Å². The maximum absolute atomic E-state index is 11.8. The molecule has 1 aliphatic carbocycles. The number of nitrogens with one attached hydrogen (secondary N) is 2. The Hall–Kier alpha value is -0.610. The molecule has 0 radical (unpaired) electrons. The summed E-state index contributed by atoms with van der Waals surface area (Å²) >= 11 is 0. The van der Waals surface area contributed by atoms with E-state index in [4.69, 9.17) is 0 Å². The van der Waals surface area contributed by atoms with Gasteiger partial charge in [-0.05, 0) is 26.2 Å². The second kappa shape index (κ2) is 7.74. The van der Waals surface area contributed by atoms with Gasteiger partial charge in [-0.15, -0.1) is 0 Å². The fourth-order valence-electron chi connectivity index (χ4n) is 2.72. The third-order valence-corrected chi connectivity index (χ3v) is 3.87. The highest BCUT2D eigenvalue weighted by Crippen LogP contribution is 2.27. The first-order valence-electron chi connectivity index (χ1n) is 7.27. The van der Waals surface area contributed by atoms with Crippen LogP contribution >= 0.6 is 0 Å². The van der Waals surface area contributed by atoms with Crippen molar-refractivity contribution in [2.75, 3.05) is 13.2 Å². The van der Waals surface area contributed by atoms with Crippen LogP contribution in [0.15, 0.2) is 0 Å². The molecule has 0 aromatic heterocycles. The van der Waals surface area contributed by atoms with Gasteiger partial charge in [-0.2, -0.15) is 0 Å². The maximum atomic E-state index is 11.8. The van der Waals surface area contributed by atoms with Crippen LogP contribution in [0.2, 0.25) is 0 Å². The summed E-state index contributed by atoms with van der Waals surface area (Å²) in [4.78, 5) is 11.8. The number of hydrogen-bond donors (Lipinski definition) is 3. The Morgan fingerprint density at radius 1 is 1.33 bits per heavy atom. The molecule has 3 N–H and O–H groups in total. The zero-order valence-electron chi connectivity index (χ0n) is 11.8. The van der Waals surface area contributed by atoms with Crippen molar-refractivity contribution in [1.82, 2.24) is 10.6 Å². The van der Waals surface area contributed by atoms with Crippen LogP contribution in [0.25, 0.3) is 0 Å². The monoisotopic (exact) mass is 256 g/mol. The Labute approximate surface area is 111 Å². The third kappa shape index (κ3) is 4.94. The maximum Gasteiger partial charge on any atom is 0.234 e. The van der Waals surface area contributed by atoms with Gasteiger partial charge in [-0.3, -0.25) is 4.79 Å². The first-order valence-corrected chi connectivity index (χ1v) is 7.27. The van der Waals surface area contributed by atoms with E-state index in [9.17, 15) is 9.90 Å². The summed E-state index contributed by atoms with van der Waals surface area (Å²) in [7, 11) is 0. The molecule has 0 aromatic rings. The fourth-order valence-corrected chi connectivity index (χ4v) is 2.72. The van der Waals surface area contributed by atoms with Crippen molar-refractivity contribution >= 4 is 5.91 Å². The Kier molecular flexibility index (Phi) is 6.65. The molecule has 0 aromatic carbocycles. The van der Waals surface area contributed by atoms with Crippen molar-refractivity contribution in [2.24, 2.45) is 0 Å². The second-order valence-electron chi connectivity index (χ2n) is 5.61. The summed E-state index contributed by atoms with van der Waals surface area (Å²) in [6.07, 6.45) is 7.56. The van der Waals surface area contributed by atoms with E-state index in [1.54, 1.807) is 0 Å². The van der Waals surface area contributed by atoms with Crippen molar-refractivity contribution in [3.63, 3.8) is 0 Å². The number of carbonyl (C=O) groups is 1. The molecule has 4 heteroatoms. The second-order valence-corrected chi connectivity index (χ2v) is 5.61. The molecule has 4 nitrogen and oxygen atoms in total. The van der Waals surface area contributed by atoms with Crippen LogP contribution in [0.5, 0.6) is 0 Å². The van der Waals surface area contributed by atoms with Gasteiger partial charge in [0.25, 0.3) is 0 Å². The molecule has 1 unspecified atom stereocenters. The zero-order chi connectivity index (χ0) is 13.4. The average Bonchev–Trinajstić information content (AvgIpc) is 2.38. The molecular formula is C14H28N2O2. The van der Waals surface area contributed by atoms with E-state index < -0.39 is 0 Å². The van der Waals surface area contributed by atoms with E-state index in [-0.39, 0.29) is 24.1 Å². The Bertz CT molecular complexity index is 250. The molecule has 106 valence electrons. The summed E-state index contributed by atoms with van der Waals surface area (Å²) in [5.74, 6) is 0.0364. The van der Waals surface area contributed by atoms with Crippen molar-refractivity contribution in [2.45, 2.75) is 70.4 Å². The fraction of sp³-hybridized carbons (Fsp3) is 0.929. The van der Waals surface area contributed by atoms with Crippen LogP contribution in [0, 0.1) is 0 Å². The number of aliphatic hydroxyl groups is 1. The van der Waals surface area contributed by atoms with Gasteiger partial charge >= 0.3 is 0 Å². The van der Waals surface area contributed by atoms with Gasteiger partial charge in [0.2, 0.25) is 5.91 Å². The first-order chi connectivity index (χ1) is 8.62. The average molecular weight is 256 g/mol. The van der Waals surface area contributed by atoms with Crippen LogP contribution in [-0.4, -0.2) is 35.7 Å². The minimum Gasteiger partial charge on any atom is -0.394 e. The van der Waals surface area contributed by atoms with E-state index in [0.717, 1.165) is 38.5 Å². The summed E-state index contributed by atoms with van der Waals surface area (Å²) < 4.78 is 0. The van der Waals surface area contributed by atoms with Gasteiger partial charge in [0.1, 0.15) is 0 Å². The van der Waals surface area contributed by atoms with E-state index in [0.29, 0.717) is 6.54 Å². The minimum atomic E-state index is -0.219. The topological polar surface area (TPSA) is 61.4 Å². The zero-order valence-corrected chi connectivity index (χ0v) is 11.8. The molecule has 0 heterocycles. The molecule has 1 atom stereocenters. The van der Waals surface area contributed by atoms with E-state index in [1.165, 1.54) is 6.42 Å². The highest BCUT2D eigenvalue weighted by Gasteiger charge is 2.31. The normalized spacial score (nSPS) is 20.4. The molecule has 0 bridgehead atoms. The summed E-state index contributed by atoms with van der Waals surface area (Å²) in [6, 6.07) is 0.237. The molecule has 1 saturated carbocycles. The van der Waals surface area contributed by atoms with Gasteiger partial charge in [0.15, 0.2) is 0 Å². The first kappa shape index (κ1) is 15.4. The highest BCUT2D eigenvalue weighted by atomic mass is 16.3. The quantitative estimate of drug-likeness (QED) is 0.648. The van der Waals surface area contributed by atoms with Crippen molar-refractivity contribution < 1.29 is 9.90 Å². The van der Waals surface area contributed by atoms with Crippen LogP contribution in [0.1, 0.15) is 58.8 Å². The van der Waals surface area contributed by atoms with Crippen molar-refractivity contribution in [1.29, 1.82) is 0 Å². The van der Waals surface area contributed by atoms with Gasteiger partial charge in [0.05, 0.1) is 13.2 Å². The minimum absolute atomic E-state index is 0.0364. The molecule has 1 aliphatic rings. The number of hydrogen-bond acceptors (Lipinski definition) is 3. The predicted octanol–water partition coefficient (Wildman–Crippen LogP) is 1.58. The highest BCUT2D eigenvalue weighted by molar-refractivity contribution is 5.78.